The van der Waals surface area contributed by atoms with Crippen molar-refractivity contribution in [1.29, 1.82) is 0 Å². The van der Waals surface area contributed by atoms with Crippen molar-refractivity contribution < 1.29 is 4.42 Å². The summed E-state index contributed by atoms with van der Waals surface area (Å²) in [5.41, 5.74) is 16.2. The number of benzene rings is 8. The second kappa shape index (κ2) is 13.7. The van der Waals surface area contributed by atoms with Crippen molar-refractivity contribution in [2.75, 3.05) is 9.80 Å². The third-order valence-electron chi connectivity index (χ3n) is 11.8. The van der Waals surface area contributed by atoms with Gasteiger partial charge in [-0.1, -0.05) is 96.7 Å². The number of aromatic nitrogens is 1. The van der Waals surface area contributed by atoms with E-state index < -0.39 is 0 Å². The molecule has 1 aliphatic heterocycles. The van der Waals surface area contributed by atoms with Crippen molar-refractivity contribution in [3.8, 4) is 16.8 Å². The van der Waals surface area contributed by atoms with E-state index in [2.05, 4.69) is 202 Å². The molecule has 2 aromatic heterocycles. The lowest BCUT2D eigenvalue weighted by atomic mass is 9.97. The van der Waals surface area contributed by atoms with Gasteiger partial charge < -0.3 is 18.8 Å². The molecular weight excluding hydrogens is 739 g/mol. The minimum atomic E-state index is 0.905. The van der Waals surface area contributed by atoms with Crippen molar-refractivity contribution in [3.05, 3.63) is 205 Å². The summed E-state index contributed by atoms with van der Waals surface area (Å²) in [7, 11) is 0. The van der Waals surface area contributed by atoms with Crippen LogP contribution in [-0.4, -0.2) is 4.57 Å². The van der Waals surface area contributed by atoms with Crippen LogP contribution >= 0.6 is 11.8 Å². The van der Waals surface area contributed by atoms with Crippen molar-refractivity contribution in [2.45, 2.75) is 22.6 Å². The number of anilines is 6. The maximum absolute atomic E-state index is 6.20. The lowest BCUT2D eigenvalue weighted by molar-refractivity contribution is 0.669. The Bertz CT molecular complexity index is 3210. The van der Waals surface area contributed by atoms with E-state index in [0.717, 1.165) is 63.2 Å². The lowest BCUT2D eigenvalue weighted by Crippen LogP contribution is -2.14. The van der Waals surface area contributed by atoms with Crippen LogP contribution < -0.4 is 9.80 Å². The van der Waals surface area contributed by atoms with E-state index in [9.17, 15) is 0 Å². The molecule has 0 saturated carbocycles. The Labute approximate surface area is 346 Å². The Morgan fingerprint density at radius 1 is 0.492 bits per heavy atom. The van der Waals surface area contributed by atoms with Gasteiger partial charge in [0.1, 0.15) is 11.2 Å². The van der Waals surface area contributed by atoms with Crippen LogP contribution in [0.25, 0.3) is 55.7 Å². The normalized spacial score (nSPS) is 13.1. The average Bonchev–Trinajstić information content (AvgIpc) is 3.84. The highest BCUT2D eigenvalue weighted by Crippen LogP contribution is 2.53. The second-order valence-corrected chi connectivity index (χ2v) is 16.3. The fourth-order valence-corrected chi connectivity index (χ4v) is 10.2. The molecule has 12 rings (SSSR count). The summed E-state index contributed by atoms with van der Waals surface area (Å²) in [6.45, 7) is 0. The summed E-state index contributed by atoms with van der Waals surface area (Å²) < 4.78 is 8.65. The zero-order valence-electron chi connectivity index (χ0n) is 32.1. The molecule has 5 heteroatoms. The number of furan rings is 1. The molecule has 0 amide bonds. The Balaban J connectivity index is 0.932. The van der Waals surface area contributed by atoms with Gasteiger partial charge in [-0.2, -0.15) is 0 Å². The van der Waals surface area contributed by atoms with Gasteiger partial charge in [-0.05, 0) is 145 Å². The van der Waals surface area contributed by atoms with Gasteiger partial charge in [0.25, 0.3) is 0 Å². The van der Waals surface area contributed by atoms with Gasteiger partial charge in [0.2, 0.25) is 0 Å². The van der Waals surface area contributed by atoms with Crippen LogP contribution in [0.2, 0.25) is 0 Å². The minimum Gasteiger partial charge on any atom is -0.456 e. The zero-order valence-corrected chi connectivity index (χ0v) is 32.9. The quantitative estimate of drug-likeness (QED) is 0.168. The van der Waals surface area contributed by atoms with Gasteiger partial charge in [-0.15, -0.1) is 0 Å². The van der Waals surface area contributed by atoms with E-state index >= 15 is 0 Å². The van der Waals surface area contributed by atoms with E-state index in [0.29, 0.717) is 0 Å². The SMILES string of the molecule is C1=Cc2c(c3cc(-c4ccc5c(c4)Sc4ccccc4N5c4ccc5oc6ccccc6c5c4)ccc3n2-c2ccc(N(c3ccccc3)c3ccccc3)cc2)CC1. The smallest absolute Gasteiger partial charge is 0.135 e. The first-order valence-corrected chi connectivity index (χ1v) is 21.0. The first-order valence-electron chi connectivity index (χ1n) is 20.2. The maximum Gasteiger partial charge on any atom is 0.135 e. The molecule has 0 bridgehead atoms. The van der Waals surface area contributed by atoms with E-state index in [1.54, 1.807) is 0 Å². The molecule has 0 saturated heterocycles. The summed E-state index contributed by atoms with van der Waals surface area (Å²) >= 11 is 1.85. The van der Waals surface area contributed by atoms with Crippen LogP contribution in [0.15, 0.2) is 208 Å². The Morgan fingerprint density at radius 2 is 1.15 bits per heavy atom. The van der Waals surface area contributed by atoms with E-state index in [1.807, 2.05) is 23.9 Å². The molecule has 59 heavy (non-hydrogen) atoms. The molecule has 3 heterocycles. The topological polar surface area (TPSA) is 24.6 Å². The third-order valence-corrected chi connectivity index (χ3v) is 12.9. The van der Waals surface area contributed by atoms with Crippen LogP contribution in [0, 0.1) is 0 Å². The van der Waals surface area contributed by atoms with Gasteiger partial charge in [0.05, 0.1) is 16.9 Å². The van der Waals surface area contributed by atoms with Gasteiger partial charge in [0, 0.05) is 60.1 Å². The Morgan fingerprint density at radius 3 is 1.98 bits per heavy atom. The van der Waals surface area contributed by atoms with Crippen molar-refractivity contribution in [3.63, 3.8) is 0 Å². The minimum absolute atomic E-state index is 0.905. The zero-order chi connectivity index (χ0) is 38.9. The number of rotatable bonds is 6. The summed E-state index contributed by atoms with van der Waals surface area (Å²) in [6, 6.07) is 67.8. The van der Waals surface area contributed by atoms with Crippen LogP contribution in [0.5, 0.6) is 0 Å². The standard InChI is InChI=1S/C54H37N3OS/c1-3-13-38(14-4-1)55(39-15-5-2-6-16-39)40-25-27-41(28-26-40)56-47-19-9-7-17-43(47)45-33-36(23-30-48(45)56)37-24-31-50-54(34-37)59-53-22-12-10-20-49(53)57(50)42-29-32-52-46(35-42)44-18-8-11-21-51(44)58-52/h1-6,8-16,18-35H,7,17H2. The maximum atomic E-state index is 6.20. The number of hydrogen-bond donors (Lipinski definition) is 0. The Kier molecular flexibility index (Phi) is 7.88. The molecule has 2 aliphatic rings. The highest BCUT2D eigenvalue weighted by atomic mass is 32.2. The summed E-state index contributed by atoms with van der Waals surface area (Å²) in [5, 5.41) is 3.58. The van der Waals surface area contributed by atoms with Crippen LogP contribution in [0.3, 0.4) is 0 Å². The van der Waals surface area contributed by atoms with Gasteiger partial charge in [-0.25, -0.2) is 0 Å². The summed E-state index contributed by atoms with van der Waals surface area (Å²) in [5.74, 6) is 0. The number of allylic oxidation sites excluding steroid dienone is 1. The molecule has 0 fully saturated rings. The molecule has 0 unspecified atom stereocenters. The molecule has 10 aromatic rings. The van der Waals surface area contributed by atoms with Crippen LogP contribution in [0.1, 0.15) is 17.7 Å². The number of fused-ring (bicyclic) bond motifs is 8. The number of nitrogens with zero attached hydrogens (tertiary/aromatic N) is 3. The fraction of sp³-hybridized carbons (Fsp3) is 0.0370. The van der Waals surface area contributed by atoms with Gasteiger partial charge in [0.15, 0.2) is 0 Å². The average molecular weight is 776 g/mol. The predicted octanol–water partition coefficient (Wildman–Crippen LogP) is 15.6. The molecular formula is C54H37N3OS. The second-order valence-electron chi connectivity index (χ2n) is 15.3. The van der Waals surface area contributed by atoms with Crippen LogP contribution in [-0.2, 0) is 6.42 Å². The molecule has 0 N–H and O–H groups in total. The molecule has 1 aliphatic carbocycles. The highest BCUT2D eigenvalue weighted by molar-refractivity contribution is 7.99. The number of para-hydroxylation sites is 4. The molecule has 0 spiro atoms. The van der Waals surface area contributed by atoms with Crippen molar-refractivity contribution >= 4 is 84.8 Å². The summed E-state index contributed by atoms with van der Waals surface area (Å²) in [6.07, 6.45) is 6.70. The van der Waals surface area contributed by atoms with E-state index in [4.69, 9.17) is 4.42 Å². The molecule has 0 atom stereocenters. The van der Waals surface area contributed by atoms with Gasteiger partial charge in [-0.3, -0.25) is 0 Å². The van der Waals surface area contributed by atoms with Gasteiger partial charge >= 0.3 is 0 Å². The lowest BCUT2D eigenvalue weighted by Gasteiger charge is -2.33. The fourth-order valence-electron chi connectivity index (χ4n) is 9.11. The summed E-state index contributed by atoms with van der Waals surface area (Å²) in [4.78, 5) is 7.20. The molecule has 0 radical (unpaired) electrons. The number of aryl methyl sites for hydroxylation is 1. The third kappa shape index (κ3) is 5.61. The molecule has 8 aromatic carbocycles. The van der Waals surface area contributed by atoms with E-state index in [1.165, 1.54) is 54.5 Å². The largest absolute Gasteiger partial charge is 0.456 e. The first-order chi connectivity index (χ1) is 29.2. The molecule has 4 nitrogen and oxygen atoms in total. The highest BCUT2D eigenvalue weighted by Gasteiger charge is 2.26. The first kappa shape index (κ1) is 33.9. The predicted molar refractivity (Wildman–Crippen MR) is 247 cm³/mol. The van der Waals surface area contributed by atoms with Crippen LogP contribution in [0.4, 0.5) is 34.1 Å². The van der Waals surface area contributed by atoms with Crippen molar-refractivity contribution in [1.82, 2.24) is 4.57 Å². The Hall–Kier alpha value is -7.21. The van der Waals surface area contributed by atoms with E-state index in [-0.39, 0.29) is 0 Å². The van der Waals surface area contributed by atoms with Crippen molar-refractivity contribution in [2.24, 2.45) is 0 Å². The number of hydrogen-bond acceptors (Lipinski definition) is 4. The molecule has 280 valence electrons. The monoisotopic (exact) mass is 775 g/mol.